The van der Waals surface area contributed by atoms with Crippen LogP contribution in [-0.2, 0) is 11.2 Å². The van der Waals surface area contributed by atoms with Crippen LogP contribution in [0.4, 0.5) is 0 Å². The van der Waals surface area contributed by atoms with Crippen molar-refractivity contribution >= 4 is 5.91 Å². The number of amides is 1. The molecule has 0 bridgehead atoms. The monoisotopic (exact) mass is 235 g/mol. The summed E-state index contributed by atoms with van der Waals surface area (Å²) in [5, 5.41) is 12.5. The first-order chi connectivity index (χ1) is 7.93. The molecule has 1 rings (SSSR count). The van der Waals surface area contributed by atoms with Crippen molar-refractivity contribution in [2.75, 3.05) is 6.54 Å². The number of rotatable bonds is 5. The fourth-order valence-corrected chi connectivity index (χ4v) is 1.48. The molecule has 94 valence electrons. The van der Waals surface area contributed by atoms with Gasteiger partial charge in [-0.05, 0) is 25.8 Å². The Morgan fingerprint density at radius 2 is 2.18 bits per heavy atom. The predicted octanol–water partition coefficient (Wildman–Crippen LogP) is 1.81. The molecular weight excluding hydrogens is 214 g/mol. The van der Waals surface area contributed by atoms with Gasteiger partial charge < -0.3 is 10.4 Å². The first-order valence-corrected chi connectivity index (χ1v) is 5.97. The maximum atomic E-state index is 11.7. The molecule has 0 saturated carbocycles. The molecule has 0 radical (unpaired) electrons. The number of aliphatic hydroxyl groups is 1. The second kappa shape index (κ2) is 5.82. The maximum absolute atomic E-state index is 11.7. The fraction of sp³-hybridized carbons (Fsp3) is 0.500. The lowest BCUT2D eigenvalue weighted by Gasteiger charge is -2.21. The molecule has 0 aliphatic heterocycles. The Morgan fingerprint density at radius 3 is 2.76 bits per heavy atom. The zero-order valence-corrected chi connectivity index (χ0v) is 10.8. The van der Waals surface area contributed by atoms with Gasteiger partial charge in [0.05, 0.1) is 12.0 Å². The van der Waals surface area contributed by atoms with Crippen LogP contribution in [0.25, 0.3) is 0 Å². The van der Waals surface area contributed by atoms with Gasteiger partial charge in [-0.15, -0.1) is 0 Å². The van der Waals surface area contributed by atoms with Crippen molar-refractivity contribution in [2.45, 2.75) is 39.2 Å². The number of carbonyl (C=O) groups excluding carboxylic acids is 1. The third kappa shape index (κ3) is 5.00. The van der Waals surface area contributed by atoms with Crippen molar-refractivity contribution in [3.63, 3.8) is 0 Å². The van der Waals surface area contributed by atoms with E-state index in [0.717, 1.165) is 11.1 Å². The lowest BCUT2D eigenvalue weighted by Crippen LogP contribution is -2.40. The van der Waals surface area contributed by atoms with Gasteiger partial charge in [-0.2, -0.15) is 0 Å². The summed E-state index contributed by atoms with van der Waals surface area (Å²) in [6, 6.07) is 7.88. The zero-order chi connectivity index (χ0) is 12.9. The number of aryl methyl sites for hydroxylation is 1. The predicted molar refractivity (Wildman–Crippen MR) is 68.8 cm³/mol. The summed E-state index contributed by atoms with van der Waals surface area (Å²) in [6.45, 7) is 5.92. The highest BCUT2D eigenvalue weighted by molar-refractivity contribution is 5.78. The quantitative estimate of drug-likeness (QED) is 0.818. The van der Waals surface area contributed by atoms with Gasteiger partial charge in [-0.1, -0.05) is 36.8 Å². The van der Waals surface area contributed by atoms with Crippen LogP contribution in [-0.4, -0.2) is 23.2 Å². The van der Waals surface area contributed by atoms with Gasteiger partial charge in [0.2, 0.25) is 5.91 Å². The van der Waals surface area contributed by atoms with E-state index in [2.05, 4.69) is 5.32 Å². The first kappa shape index (κ1) is 13.7. The Balaban J connectivity index is 2.45. The van der Waals surface area contributed by atoms with E-state index in [1.807, 2.05) is 38.1 Å². The molecule has 0 heterocycles. The minimum absolute atomic E-state index is 0.0516. The minimum atomic E-state index is -0.817. The van der Waals surface area contributed by atoms with Crippen LogP contribution >= 0.6 is 0 Å². The maximum Gasteiger partial charge on any atom is 0.224 e. The van der Waals surface area contributed by atoms with E-state index < -0.39 is 5.60 Å². The number of hydrogen-bond donors (Lipinski definition) is 2. The molecule has 1 unspecified atom stereocenters. The highest BCUT2D eigenvalue weighted by Gasteiger charge is 2.18. The zero-order valence-electron chi connectivity index (χ0n) is 10.8. The molecule has 1 aromatic carbocycles. The first-order valence-electron chi connectivity index (χ1n) is 5.97. The van der Waals surface area contributed by atoms with E-state index in [0.29, 0.717) is 19.4 Å². The van der Waals surface area contributed by atoms with Gasteiger partial charge in [0, 0.05) is 6.54 Å². The molecule has 3 heteroatoms. The van der Waals surface area contributed by atoms with Crippen molar-refractivity contribution in [2.24, 2.45) is 0 Å². The van der Waals surface area contributed by atoms with Crippen LogP contribution in [0.15, 0.2) is 24.3 Å². The smallest absolute Gasteiger partial charge is 0.224 e. The van der Waals surface area contributed by atoms with Gasteiger partial charge in [0.1, 0.15) is 0 Å². The molecule has 0 saturated heterocycles. The largest absolute Gasteiger partial charge is 0.388 e. The standard InChI is InChI=1S/C14H21NO2/c1-4-14(3,17)10-15-13(16)9-12-7-5-6-11(2)8-12/h5-8,17H,4,9-10H2,1-3H3,(H,15,16). The van der Waals surface area contributed by atoms with Crippen molar-refractivity contribution < 1.29 is 9.90 Å². The Kier molecular flexibility index (Phi) is 4.70. The summed E-state index contributed by atoms with van der Waals surface area (Å²) in [5.41, 5.74) is 1.33. The number of benzene rings is 1. The normalized spacial score (nSPS) is 14.1. The van der Waals surface area contributed by atoms with E-state index in [1.54, 1.807) is 6.92 Å². The van der Waals surface area contributed by atoms with Crippen LogP contribution in [0.2, 0.25) is 0 Å². The van der Waals surface area contributed by atoms with E-state index in [4.69, 9.17) is 0 Å². The summed E-state index contributed by atoms with van der Waals surface area (Å²) in [6.07, 6.45) is 0.985. The van der Waals surface area contributed by atoms with Gasteiger partial charge in [-0.25, -0.2) is 0 Å². The van der Waals surface area contributed by atoms with E-state index >= 15 is 0 Å². The Labute approximate surface area is 103 Å². The molecule has 0 aliphatic rings. The van der Waals surface area contributed by atoms with E-state index in [1.165, 1.54) is 0 Å². The van der Waals surface area contributed by atoms with Gasteiger partial charge >= 0.3 is 0 Å². The molecule has 0 aliphatic carbocycles. The molecule has 0 spiro atoms. The second-order valence-electron chi connectivity index (χ2n) is 4.79. The molecule has 1 atom stereocenters. The van der Waals surface area contributed by atoms with E-state index in [9.17, 15) is 9.90 Å². The summed E-state index contributed by atoms with van der Waals surface area (Å²) < 4.78 is 0. The lowest BCUT2D eigenvalue weighted by molar-refractivity contribution is -0.121. The van der Waals surface area contributed by atoms with Crippen LogP contribution in [0.1, 0.15) is 31.4 Å². The van der Waals surface area contributed by atoms with Crippen LogP contribution in [0.5, 0.6) is 0 Å². The van der Waals surface area contributed by atoms with Crippen molar-refractivity contribution in [1.82, 2.24) is 5.32 Å². The van der Waals surface area contributed by atoms with Crippen molar-refractivity contribution in [3.8, 4) is 0 Å². The van der Waals surface area contributed by atoms with E-state index in [-0.39, 0.29) is 5.91 Å². The fourth-order valence-electron chi connectivity index (χ4n) is 1.48. The summed E-state index contributed by atoms with van der Waals surface area (Å²) in [7, 11) is 0. The minimum Gasteiger partial charge on any atom is -0.388 e. The third-order valence-corrected chi connectivity index (χ3v) is 2.88. The molecule has 0 fully saturated rings. The average molecular weight is 235 g/mol. The highest BCUT2D eigenvalue weighted by atomic mass is 16.3. The molecule has 1 aromatic rings. The Bertz CT molecular complexity index is 386. The molecule has 0 aromatic heterocycles. The summed E-state index contributed by atoms with van der Waals surface area (Å²) in [5.74, 6) is -0.0516. The number of nitrogens with one attached hydrogen (secondary N) is 1. The third-order valence-electron chi connectivity index (χ3n) is 2.88. The van der Waals surface area contributed by atoms with Gasteiger partial charge in [-0.3, -0.25) is 4.79 Å². The molecule has 1 amide bonds. The number of carbonyl (C=O) groups is 1. The SMILES string of the molecule is CCC(C)(O)CNC(=O)Cc1cccc(C)c1. The topological polar surface area (TPSA) is 49.3 Å². The Hall–Kier alpha value is -1.35. The lowest BCUT2D eigenvalue weighted by atomic mass is 10.0. The summed E-state index contributed by atoms with van der Waals surface area (Å²) >= 11 is 0. The molecular formula is C14H21NO2. The Morgan fingerprint density at radius 1 is 1.47 bits per heavy atom. The van der Waals surface area contributed by atoms with Gasteiger partial charge in [0.25, 0.3) is 0 Å². The van der Waals surface area contributed by atoms with Crippen molar-refractivity contribution in [1.29, 1.82) is 0 Å². The molecule has 3 nitrogen and oxygen atoms in total. The van der Waals surface area contributed by atoms with Crippen LogP contribution in [0, 0.1) is 6.92 Å². The van der Waals surface area contributed by atoms with Crippen LogP contribution < -0.4 is 5.32 Å². The second-order valence-corrected chi connectivity index (χ2v) is 4.79. The average Bonchev–Trinajstić information content (AvgIpc) is 2.27. The summed E-state index contributed by atoms with van der Waals surface area (Å²) in [4.78, 5) is 11.7. The van der Waals surface area contributed by atoms with Crippen LogP contribution in [0.3, 0.4) is 0 Å². The van der Waals surface area contributed by atoms with Gasteiger partial charge in [0.15, 0.2) is 0 Å². The molecule has 17 heavy (non-hydrogen) atoms. The van der Waals surface area contributed by atoms with Crippen molar-refractivity contribution in [3.05, 3.63) is 35.4 Å². The molecule has 2 N–H and O–H groups in total. The number of hydrogen-bond acceptors (Lipinski definition) is 2. The highest BCUT2D eigenvalue weighted by Crippen LogP contribution is 2.07.